The number of benzene rings is 1. The first-order chi connectivity index (χ1) is 9.55. The quantitative estimate of drug-likeness (QED) is 0.659. The molecule has 0 saturated heterocycles. The Kier molecular flexibility index (Phi) is 5.05. The van der Waals surface area contributed by atoms with Gasteiger partial charge in [0.1, 0.15) is 0 Å². The molecule has 0 fully saturated rings. The first-order valence-electron chi connectivity index (χ1n) is 6.48. The van der Waals surface area contributed by atoms with E-state index < -0.39 is 0 Å². The van der Waals surface area contributed by atoms with Crippen molar-refractivity contribution in [3.63, 3.8) is 0 Å². The second-order valence-electron chi connectivity index (χ2n) is 4.71. The molecule has 4 nitrogen and oxygen atoms in total. The van der Waals surface area contributed by atoms with Gasteiger partial charge in [0, 0.05) is 7.05 Å². The number of hydrogen-bond acceptors (Lipinski definition) is 3. The summed E-state index contributed by atoms with van der Waals surface area (Å²) in [6, 6.07) is 7.67. The Bertz CT molecular complexity index is 595. The van der Waals surface area contributed by atoms with Gasteiger partial charge in [0.05, 0.1) is 27.5 Å². The van der Waals surface area contributed by atoms with Gasteiger partial charge < -0.3 is 0 Å². The lowest BCUT2D eigenvalue weighted by atomic mass is 10.0. The zero-order valence-corrected chi connectivity index (χ0v) is 13.0. The maximum absolute atomic E-state index is 6.04. The Morgan fingerprint density at radius 1 is 1.30 bits per heavy atom. The van der Waals surface area contributed by atoms with Crippen LogP contribution in [0.4, 0.5) is 0 Å². The van der Waals surface area contributed by atoms with Gasteiger partial charge in [-0.1, -0.05) is 36.2 Å². The van der Waals surface area contributed by atoms with Crippen LogP contribution in [-0.2, 0) is 19.9 Å². The molecule has 0 amide bonds. The molecule has 0 aliphatic rings. The van der Waals surface area contributed by atoms with Crippen molar-refractivity contribution in [2.45, 2.75) is 25.8 Å². The van der Waals surface area contributed by atoms with Crippen LogP contribution < -0.4 is 11.3 Å². The summed E-state index contributed by atoms with van der Waals surface area (Å²) >= 11 is 12.0. The molecule has 1 atom stereocenters. The van der Waals surface area contributed by atoms with Crippen LogP contribution in [0, 0.1) is 0 Å². The highest BCUT2D eigenvalue weighted by atomic mass is 35.5. The minimum atomic E-state index is -0.0231. The topological polar surface area (TPSA) is 55.9 Å². The van der Waals surface area contributed by atoms with E-state index >= 15 is 0 Å². The van der Waals surface area contributed by atoms with E-state index in [-0.39, 0.29) is 6.04 Å². The Labute approximate surface area is 128 Å². The fourth-order valence-electron chi connectivity index (χ4n) is 2.19. The van der Waals surface area contributed by atoms with Gasteiger partial charge in [-0.2, -0.15) is 5.10 Å². The second-order valence-corrected chi connectivity index (χ2v) is 5.52. The maximum atomic E-state index is 6.04. The van der Waals surface area contributed by atoms with Crippen LogP contribution in [0.2, 0.25) is 10.0 Å². The summed E-state index contributed by atoms with van der Waals surface area (Å²) in [6.45, 7) is 2.08. The molecule has 0 spiro atoms. The number of nitrogens with one attached hydrogen (secondary N) is 1. The maximum Gasteiger partial charge on any atom is 0.0669 e. The van der Waals surface area contributed by atoms with Gasteiger partial charge in [0.15, 0.2) is 0 Å². The molecule has 0 radical (unpaired) electrons. The summed E-state index contributed by atoms with van der Waals surface area (Å²) in [5.41, 5.74) is 6.02. The number of rotatable bonds is 5. The van der Waals surface area contributed by atoms with E-state index in [1.807, 2.05) is 23.9 Å². The number of nitrogens with two attached hydrogens (primary N) is 1. The first-order valence-corrected chi connectivity index (χ1v) is 7.23. The second kappa shape index (κ2) is 6.59. The van der Waals surface area contributed by atoms with E-state index in [0.29, 0.717) is 10.0 Å². The average molecular weight is 313 g/mol. The van der Waals surface area contributed by atoms with Gasteiger partial charge in [-0.25, -0.2) is 0 Å². The zero-order valence-electron chi connectivity index (χ0n) is 11.5. The molecule has 0 bridgehead atoms. The van der Waals surface area contributed by atoms with Crippen molar-refractivity contribution in [2.24, 2.45) is 12.9 Å². The Balaban J connectivity index is 2.23. The lowest BCUT2D eigenvalue weighted by Crippen LogP contribution is -2.31. The van der Waals surface area contributed by atoms with Gasteiger partial charge in [-0.15, -0.1) is 0 Å². The van der Waals surface area contributed by atoms with Crippen LogP contribution >= 0.6 is 23.2 Å². The first kappa shape index (κ1) is 15.3. The van der Waals surface area contributed by atoms with Crippen LogP contribution in [0.1, 0.15) is 29.9 Å². The van der Waals surface area contributed by atoms with Crippen molar-refractivity contribution in [3.8, 4) is 0 Å². The summed E-state index contributed by atoms with van der Waals surface area (Å²) in [5, 5.41) is 5.56. The highest BCUT2D eigenvalue weighted by Crippen LogP contribution is 2.25. The summed E-state index contributed by atoms with van der Waals surface area (Å²) in [5.74, 6) is 5.69. The molecule has 2 rings (SSSR count). The van der Waals surface area contributed by atoms with Crippen LogP contribution in [0.25, 0.3) is 0 Å². The molecule has 0 aliphatic carbocycles. The molecule has 108 valence electrons. The molecular formula is C14H18Cl2N4. The molecule has 0 aliphatic heterocycles. The number of hydrogen-bond donors (Lipinski definition) is 2. The third-order valence-electron chi connectivity index (χ3n) is 3.31. The Morgan fingerprint density at radius 2 is 2.05 bits per heavy atom. The number of halogens is 2. The van der Waals surface area contributed by atoms with Gasteiger partial charge in [0.2, 0.25) is 0 Å². The van der Waals surface area contributed by atoms with E-state index in [2.05, 4.69) is 23.5 Å². The van der Waals surface area contributed by atoms with Crippen molar-refractivity contribution >= 4 is 23.2 Å². The summed E-state index contributed by atoms with van der Waals surface area (Å²) in [6.07, 6.45) is 1.62. The van der Waals surface area contributed by atoms with Gasteiger partial charge in [-0.3, -0.25) is 16.0 Å². The smallest absolute Gasteiger partial charge is 0.0669 e. The Hall–Kier alpha value is -1.07. The Morgan fingerprint density at radius 3 is 2.60 bits per heavy atom. The molecule has 0 saturated carbocycles. The van der Waals surface area contributed by atoms with Crippen molar-refractivity contribution in [3.05, 3.63) is 51.3 Å². The zero-order chi connectivity index (χ0) is 14.7. The largest absolute Gasteiger partial charge is 0.271 e. The minimum Gasteiger partial charge on any atom is -0.271 e. The van der Waals surface area contributed by atoms with Gasteiger partial charge >= 0.3 is 0 Å². The average Bonchev–Trinajstić information content (AvgIpc) is 2.81. The molecule has 20 heavy (non-hydrogen) atoms. The van der Waals surface area contributed by atoms with Crippen molar-refractivity contribution < 1.29 is 0 Å². The SMILES string of the molecule is CCc1cc(C(Cc2ccc(Cl)c(Cl)c2)NN)n(C)n1. The fourth-order valence-corrected chi connectivity index (χ4v) is 2.51. The van der Waals surface area contributed by atoms with E-state index in [0.717, 1.165) is 29.8 Å². The molecule has 1 unspecified atom stereocenters. The molecule has 6 heteroatoms. The molecule has 1 aromatic carbocycles. The third kappa shape index (κ3) is 3.33. The van der Waals surface area contributed by atoms with Crippen LogP contribution in [0.15, 0.2) is 24.3 Å². The molecule has 1 aromatic heterocycles. The normalized spacial score (nSPS) is 12.7. The molecular weight excluding hydrogens is 295 g/mol. The molecule has 1 heterocycles. The lowest BCUT2D eigenvalue weighted by Gasteiger charge is -2.16. The summed E-state index contributed by atoms with van der Waals surface area (Å²) in [4.78, 5) is 0. The molecule has 2 aromatic rings. The summed E-state index contributed by atoms with van der Waals surface area (Å²) in [7, 11) is 1.92. The number of hydrazine groups is 1. The van der Waals surface area contributed by atoms with Crippen molar-refractivity contribution in [2.75, 3.05) is 0 Å². The monoisotopic (exact) mass is 312 g/mol. The van der Waals surface area contributed by atoms with Crippen LogP contribution in [0.3, 0.4) is 0 Å². The highest BCUT2D eigenvalue weighted by molar-refractivity contribution is 6.42. The summed E-state index contributed by atoms with van der Waals surface area (Å²) < 4.78 is 1.86. The van der Waals surface area contributed by atoms with Gasteiger partial charge in [0.25, 0.3) is 0 Å². The van der Waals surface area contributed by atoms with Crippen LogP contribution in [-0.4, -0.2) is 9.78 Å². The van der Waals surface area contributed by atoms with E-state index in [1.54, 1.807) is 6.07 Å². The van der Waals surface area contributed by atoms with E-state index in [1.165, 1.54) is 0 Å². The third-order valence-corrected chi connectivity index (χ3v) is 4.05. The van der Waals surface area contributed by atoms with Gasteiger partial charge in [-0.05, 0) is 36.6 Å². The fraction of sp³-hybridized carbons (Fsp3) is 0.357. The predicted octanol–water partition coefficient (Wildman–Crippen LogP) is 3.04. The van der Waals surface area contributed by atoms with Crippen molar-refractivity contribution in [1.29, 1.82) is 0 Å². The molecule has 3 N–H and O–H groups in total. The predicted molar refractivity (Wildman–Crippen MR) is 82.8 cm³/mol. The number of nitrogens with zero attached hydrogens (tertiary/aromatic N) is 2. The van der Waals surface area contributed by atoms with Crippen LogP contribution in [0.5, 0.6) is 0 Å². The lowest BCUT2D eigenvalue weighted by molar-refractivity contribution is 0.508. The standard InChI is InChI=1S/C14H18Cl2N4/c1-3-10-8-14(20(2)19-10)13(18-17)7-9-4-5-11(15)12(16)6-9/h4-6,8,13,18H,3,7,17H2,1-2H3. The number of aromatic nitrogens is 2. The number of aryl methyl sites for hydroxylation is 2. The minimum absolute atomic E-state index is 0.0231. The van der Waals surface area contributed by atoms with E-state index in [4.69, 9.17) is 29.0 Å². The van der Waals surface area contributed by atoms with E-state index in [9.17, 15) is 0 Å². The highest BCUT2D eigenvalue weighted by Gasteiger charge is 2.16. The van der Waals surface area contributed by atoms with Crippen molar-refractivity contribution in [1.82, 2.24) is 15.2 Å².